The van der Waals surface area contributed by atoms with E-state index in [1.807, 2.05) is 0 Å². The van der Waals surface area contributed by atoms with Crippen LogP contribution in [0.4, 0.5) is 4.39 Å². The Labute approximate surface area is 114 Å². The zero-order valence-electron chi connectivity index (χ0n) is 10.4. The van der Waals surface area contributed by atoms with Crippen LogP contribution in [0, 0.1) is 5.82 Å². The number of hydrogen-bond acceptors (Lipinski definition) is 3. The Kier molecular flexibility index (Phi) is 3.09. The Balaban J connectivity index is 2.25. The van der Waals surface area contributed by atoms with E-state index in [0.29, 0.717) is 16.8 Å². The van der Waals surface area contributed by atoms with Gasteiger partial charge in [-0.3, -0.25) is 9.78 Å². The summed E-state index contributed by atoms with van der Waals surface area (Å²) in [4.78, 5) is 22.8. The largest absolute Gasteiger partial charge is 0.313 e. The molecule has 98 valence electrons. The van der Waals surface area contributed by atoms with Crippen molar-refractivity contribution in [2.24, 2.45) is 0 Å². The molecule has 0 aliphatic rings. The fourth-order valence-corrected chi connectivity index (χ4v) is 2.01. The molecule has 5 heteroatoms. The molecule has 2 aromatic heterocycles. The first-order valence-electron chi connectivity index (χ1n) is 6.00. The van der Waals surface area contributed by atoms with Crippen LogP contribution in [0.5, 0.6) is 0 Å². The van der Waals surface area contributed by atoms with Gasteiger partial charge in [0.15, 0.2) is 0 Å². The Bertz CT molecular complexity index is 782. The van der Waals surface area contributed by atoms with Crippen molar-refractivity contribution in [3.63, 3.8) is 0 Å². The average molecular weight is 267 g/mol. The molecule has 1 aromatic carbocycles. The third-order valence-electron chi connectivity index (χ3n) is 2.94. The number of hydrogen-bond donors (Lipinski definition) is 1. The number of pyridine rings is 1. The number of aromatic nitrogens is 3. The molecule has 0 amide bonds. The quantitative estimate of drug-likeness (QED) is 0.776. The number of nitrogens with one attached hydrogen (secondary N) is 1. The highest BCUT2D eigenvalue weighted by molar-refractivity contribution is 5.79. The van der Waals surface area contributed by atoms with Gasteiger partial charge in [0.2, 0.25) is 0 Å². The zero-order valence-corrected chi connectivity index (χ0v) is 10.4. The van der Waals surface area contributed by atoms with E-state index >= 15 is 0 Å². The smallest absolute Gasteiger partial charge is 0.259 e. The van der Waals surface area contributed by atoms with Gasteiger partial charge >= 0.3 is 0 Å². The molecule has 0 fully saturated rings. The summed E-state index contributed by atoms with van der Waals surface area (Å²) in [5.41, 5.74) is 2.10. The molecule has 4 nitrogen and oxygen atoms in total. The SMILES string of the molecule is O=c1[nH]cnc(-c2ccncc2)c1-c1ccc(F)cc1. The molecule has 0 bridgehead atoms. The molecular weight excluding hydrogens is 257 g/mol. The third kappa shape index (κ3) is 2.21. The topological polar surface area (TPSA) is 58.6 Å². The molecule has 3 rings (SSSR count). The third-order valence-corrected chi connectivity index (χ3v) is 2.94. The molecule has 0 saturated heterocycles. The number of halogens is 1. The lowest BCUT2D eigenvalue weighted by Gasteiger charge is -2.07. The first-order chi connectivity index (χ1) is 9.75. The molecular formula is C15H10FN3O. The summed E-state index contributed by atoms with van der Waals surface area (Å²) in [6, 6.07) is 9.30. The van der Waals surface area contributed by atoms with Gasteiger partial charge in [-0.25, -0.2) is 9.37 Å². The first-order valence-corrected chi connectivity index (χ1v) is 6.00. The van der Waals surface area contributed by atoms with Crippen molar-refractivity contribution >= 4 is 0 Å². The maximum absolute atomic E-state index is 13.0. The summed E-state index contributed by atoms with van der Waals surface area (Å²) >= 11 is 0. The highest BCUT2D eigenvalue weighted by Crippen LogP contribution is 2.26. The average Bonchev–Trinajstić information content (AvgIpc) is 2.49. The Morgan fingerprint density at radius 1 is 0.950 bits per heavy atom. The van der Waals surface area contributed by atoms with Crippen molar-refractivity contribution in [1.29, 1.82) is 0 Å². The van der Waals surface area contributed by atoms with Gasteiger partial charge in [0.25, 0.3) is 5.56 Å². The molecule has 0 aliphatic heterocycles. The van der Waals surface area contributed by atoms with Gasteiger partial charge in [0, 0.05) is 18.0 Å². The Morgan fingerprint density at radius 3 is 2.35 bits per heavy atom. The lowest BCUT2D eigenvalue weighted by atomic mass is 10.0. The second kappa shape index (κ2) is 5.05. The monoisotopic (exact) mass is 267 g/mol. The first kappa shape index (κ1) is 12.2. The predicted octanol–water partition coefficient (Wildman–Crippen LogP) is 2.64. The molecule has 3 aromatic rings. The molecule has 2 heterocycles. The molecule has 0 atom stereocenters. The van der Waals surface area contributed by atoms with Gasteiger partial charge in [-0.1, -0.05) is 12.1 Å². The van der Waals surface area contributed by atoms with E-state index in [-0.39, 0.29) is 11.4 Å². The predicted molar refractivity (Wildman–Crippen MR) is 73.5 cm³/mol. The van der Waals surface area contributed by atoms with E-state index in [0.717, 1.165) is 5.56 Å². The zero-order chi connectivity index (χ0) is 13.9. The normalized spacial score (nSPS) is 10.4. The van der Waals surface area contributed by atoms with Crippen molar-refractivity contribution in [3.8, 4) is 22.4 Å². The summed E-state index contributed by atoms with van der Waals surface area (Å²) in [5.74, 6) is -0.348. The van der Waals surface area contributed by atoms with Crippen LogP contribution in [0.2, 0.25) is 0 Å². The minimum absolute atomic E-state index is 0.265. The van der Waals surface area contributed by atoms with Crippen molar-refractivity contribution in [1.82, 2.24) is 15.0 Å². The van der Waals surface area contributed by atoms with E-state index in [9.17, 15) is 9.18 Å². The highest BCUT2D eigenvalue weighted by atomic mass is 19.1. The second-order valence-corrected chi connectivity index (χ2v) is 4.20. The van der Waals surface area contributed by atoms with Gasteiger partial charge < -0.3 is 4.98 Å². The number of benzene rings is 1. The van der Waals surface area contributed by atoms with Crippen LogP contribution in [-0.2, 0) is 0 Å². The fraction of sp³-hybridized carbons (Fsp3) is 0. The van der Waals surface area contributed by atoms with Gasteiger partial charge in [-0.05, 0) is 29.8 Å². The van der Waals surface area contributed by atoms with E-state index in [1.54, 1.807) is 36.7 Å². The molecule has 0 radical (unpaired) electrons. The van der Waals surface area contributed by atoms with Crippen molar-refractivity contribution < 1.29 is 4.39 Å². The standard InChI is InChI=1S/C15H10FN3O/c16-12-3-1-10(2-4-12)13-14(18-9-19-15(13)20)11-5-7-17-8-6-11/h1-9H,(H,18,19,20). The molecule has 1 N–H and O–H groups in total. The Morgan fingerprint density at radius 2 is 1.65 bits per heavy atom. The van der Waals surface area contributed by atoms with E-state index in [4.69, 9.17) is 0 Å². The maximum Gasteiger partial charge on any atom is 0.259 e. The molecule has 0 aliphatic carbocycles. The van der Waals surface area contributed by atoms with E-state index in [2.05, 4.69) is 15.0 Å². The van der Waals surface area contributed by atoms with Crippen molar-refractivity contribution in [2.45, 2.75) is 0 Å². The summed E-state index contributed by atoms with van der Waals surface area (Å²) in [6.45, 7) is 0. The highest BCUT2D eigenvalue weighted by Gasteiger charge is 2.12. The maximum atomic E-state index is 13.0. The van der Waals surface area contributed by atoms with Crippen molar-refractivity contribution in [2.75, 3.05) is 0 Å². The van der Waals surface area contributed by atoms with E-state index in [1.165, 1.54) is 18.5 Å². The van der Waals surface area contributed by atoms with Crippen LogP contribution in [0.15, 0.2) is 59.9 Å². The van der Waals surface area contributed by atoms with Crippen LogP contribution >= 0.6 is 0 Å². The number of nitrogens with zero attached hydrogens (tertiary/aromatic N) is 2. The molecule has 0 unspecified atom stereocenters. The van der Waals surface area contributed by atoms with Crippen LogP contribution < -0.4 is 5.56 Å². The minimum Gasteiger partial charge on any atom is -0.313 e. The second-order valence-electron chi connectivity index (χ2n) is 4.20. The molecule has 20 heavy (non-hydrogen) atoms. The van der Waals surface area contributed by atoms with Crippen molar-refractivity contribution in [3.05, 3.63) is 71.3 Å². The number of H-pyrrole nitrogens is 1. The molecule has 0 spiro atoms. The number of aromatic amines is 1. The summed E-state index contributed by atoms with van der Waals surface area (Å²) < 4.78 is 13.0. The van der Waals surface area contributed by atoms with Gasteiger partial charge in [0.05, 0.1) is 17.6 Å². The van der Waals surface area contributed by atoms with Crippen LogP contribution in [0.3, 0.4) is 0 Å². The fourth-order valence-electron chi connectivity index (χ4n) is 2.01. The van der Waals surface area contributed by atoms with Gasteiger partial charge in [0.1, 0.15) is 5.82 Å². The summed E-state index contributed by atoms with van der Waals surface area (Å²) in [6.07, 6.45) is 4.62. The summed E-state index contributed by atoms with van der Waals surface area (Å²) in [5, 5.41) is 0. The van der Waals surface area contributed by atoms with E-state index < -0.39 is 0 Å². The van der Waals surface area contributed by atoms with Crippen LogP contribution in [0.25, 0.3) is 22.4 Å². The minimum atomic E-state index is -0.348. The molecule has 0 saturated carbocycles. The lowest BCUT2D eigenvalue weighted by Crippen LogP contribution is -2.11. The van der Waals surface area contributed by atoms with Gasteiger partial charge in [-0.15, -0.1) is 0 Å². The number of rotatable bonds is 2. The lowest BCUT2D eigenvalue weighted by molar-refractivity contribution is 0.628. The van der Waals surface area contributed by atoms with Gasteiger partial charge in [-0.2, -0.15) is 0 Å². The van der Waals surface area contributed by atoms with Crippen LogP contribution in [-0.4, -0.2) is 15.0 Å². The van der Waals surface area contributed by atoms with Crippen LogP contribution in [0.1, 0.15) is 0 Å². The summed E-state index contributed by atoms with van der Waals surface area (Å²) in [7, 11) is 0. The Hall–Kier alpha value is -2.82.